The molecule has 0 radical (unpaired) electrons. The van der Waals surface area contributed by atoms with E-state index in [-0.39, 0.29) is 5.82 Å². The summed E-state index contributed by atoms with van der Waals surface area (Å²) in [6, 6.07) is 7.26. The van der Waals surface area contributed by atoms with Crippen LogP contribution in [-0.2, 0) is 0 Å². The average molecular weight is 238 g/mol. The number of anilines is 1. The van der Waals surface area contributed by atoms with Gasteiger partial charge in [-0.1, -0.05) is 6.92 Å². The fourth-order valence-electron chi connectivity index (χ4n) is 1.71. The molecule has 0 saturated heterocycles. The number of rotatable bonds is 7. The van der Waals surface area contributed by atoms with Crippen molar-refractivity contribution in [1.29, 1.82) is 0 Å². The van der Waals surface area contributed by atoms with Crippen LogP contribution in [0.4, 0.5) is 10.1 Å². The topological polar surface area (TPSA) is 15.3 Å². The first-order valence-corrected chi connectivity index (χ1v) is 6.41. The molecule has 3 heteroatoms. The molecule has 96 valence electrons. The van der Waals surface area contributed by atoms with Crippen LogP contribution in [0.3, 0.4) is 0 Å². The van der Waals surface area contributed by atoms with Crippen molar-refractivity contribution in [3.05, 3.63) is 30.1 Å². The summed E-state index contributed by atoms with van der Waals surface area (Å²) in [7, 11) is 0. The van der Waals surface area contributed by atoms with Gasteiger partial charge in [-0.3, -0.25) is 0 Å². The first kappa shape index (κ1) is 14.0. The van der Waals surface area contributed by atoms with Crippen molar-refractivity contribution in [3.63, 3.8) is 0 Å². The van der Waals surface area contributed by atoms with Crippen molar-refractivity contribution in [2.45, 2.75) is 33.2 Å². The van der Waals surface area contributed by atoms with Gasteiger partial charge < -0.3 is 10.2 Å². The van der Waals surface area contributed by atoms with Gasteiger partial charge in [0.25, 0.3) is 0 Å². The fraction of sp³-hybridized carbons (Fsp3) is 0.571. The summed E-state index contributed by atoms with van der Waals surface area (Å²) in [5.74, 6) is -0.178. The number of hydrogen-bond acceptors (Lipinski definition) is 2. The second-order valence-electron chi connectivity index (χ2n) is 4.32. The van der Waals surface area contributed by atoms with Gasteiger partial charge in [0.2, 0.25) is 0 Å². The van der Waals surface area contributed by atoms with Crippen LogP contribution < -0.4 is 10.2 Å². The highest BCUT2D eigenvalue weighted by Gasteiger charge is 2.04. The molecule has 0 aliphatic carbocycles. The Labute approximate surface area is 104 Å². The monoisotopic (exact) mass is 238 g/mol. The Hall–Kier alpha value is -1.09. The van der Waals surface area contributed by atoms with E-state index in [1.54, 1.807) is 0 Å². The lowest BCUT2D eigenvalue weighted by atomic mass is 10.2. The van der Waals surface area contributed by atoms with Crippen molar-refractivity contribution < 1.29 is 4.39 Å². The lowest BCUT2D eigenvalue weighted by molar-refractivity contribution is 0.534. The highest BCUT2D eigenvalue weighted by atomic mass is 19.1. The zero-order chi connectivity index (χ0) is 12.7. The van der Waals surface area contributed by atoms with E-state index in [2.05, 4.69) is 31.0 Å². The SMILES string of the molecule is CCC(C)NCCN(CC)c1ccc(F)cc1. The van der Waals surface area contributed by atoms with Crippen molar-refractivity contribution in [2.75, 3.05) is 24.5 Å². The third kappa shape index (κ3) is 4.73. The molecule has 0 amide bonds. The number of likely N-dealkylation sites (N-methyl/N-ethyl adjacent to an activating group) is 1. The van der Waals surface area contributed by atoms with Crippen LogP contribution in [-0.4, -0.2) is 25.7 Å². The zero-order valence-electron chi connectivity index (χ0n) is 11.0. The Kier molecular flexibility index (Phi) is 5.98. The lowest BCUT2D eigenvalue weighted by Crippen LogP contribution is -2.35. The van der Waals surface area contributed by atoms with Gasteiger partial charge in [-0.15, -0.1) is 0 Å². The normalized spacial score (nSPS) is 12.5. The van der Waals surface area contributed by atoms with E-state index in [1.807, 2.05) is 12.1 Å². The van der Waals surface area contributed by atoms with Crippen LogP contribution in [0.2, 0.25) is 0 Å². The van der Waals surface area contributed by atoms with E-state index in [4.69, 9.17) is 0 Å². The molecular weight excluding hydrogens is 215 g/mol. The van der Waals surface area contributed by atoms with Crippen LogP contribution in [0.1, 0.15) is 27.2 Å². The number of halogens is 1. The van der Waals surface area contributed by atoms with Crippen LogP contribution in [0.25, 0.3) is 0 Å². The van der Waals surface area contributed by atoms with E-state index in [0.29, 0.717) is 6.04 Å². The number of nitrogens with one attached hydrogen (secondary N) is 1. The van der Waals surface area contributed by atoms with Crippen LogP contribution in [0.15, 0.2) is 24.3 Å². The Morgan fingerprint density at radius 1 is 1.24 bits per heavy atom. The molecule has 0 bridgehead atoms. The predicted octanol–water partition coefficient (Wildman–Crippen LogP) is 3.04. The van der Waals surface area contributed by atoms with Crippen LogP contribution in [0, 0.1) is 5.82 Å². The second-order valence-corrected chi connectivity index (χ2v) is 4.32. The van der Waals surface area contributed by atoms with Gasteiger partial charge in [0.15, 0.2) is 0 Å². The molecule has 0 aromatic heterocycles. The van der Waals surface area contributed by atoms with Crippen LogP contribution in [0.5, 0.6) is 0 Å². The maximum atomic E-state index is 12.8. The third-order valence-corrected chi connectivity index (χ3v) is 3.06. The Morgan fingerprint density at radius 3 is 2.41 bits per heavy atom. The van der Waals surface area contributed by atoms with E-state index in [0.717, 1.165) is 31.7 Å². The maximum Gasteiger partial charge on any atom is 0.123 e. The van der Waals surface area contributed by atoms with Crippen molar-refractivity contribution >= 4 is 5.69 Å². The molecule has 0 aliphatic rings. The first-order valence-electron chi connectivity index (χ1n) is 6.41. The molecular formula is C14H23FN2. The maximum absolute atomic E-state index is 12.8. The molecule has 1 aromatic carbocycles. The quantitative estimate of drug-likeness (QED) is 0.785. The Bertz CT molecular complexity index is 311. The number of hydrogen-bond donors (Lipinski definition) is 1. The average Bonchev–Trinajstić information content (AvgIpc) is 2.35. The summed E-state index contributed by atoms with van der Waals surface area (Å²) >= 11 is 0. The highest BCUT2D eigenvalue weighted by Crippen LogP contribution is 2.13. The zero-order valence-corrected chi connectivity index (χ0v) is 11.0. The summed E-state index contributed by atoms with van der Waals surface area (Å²) in [6.07, 6.45) is 1.14. The molecule has 0 saturated carbocycles. The molecule has 1 rings (SSSR count). The van der Waals surface area contributed by atoms with Gasteiger partial charge in [-0.05, 0) is 44.5 Å². The summed E-state index contributed by atoms with van der Waals surface area (Å²) in [4.78, 5) is 2.24. The molecule has 17 heavy (non-hydrogen) atoms. The first-order chi connectivity index (χ1) is 8.17. The van der Waals surface area contributed by atoms with Crippen molar-refractivity contribution in [3.8, 4) is 0 Å². The molecule has 1 aromatic rings. The largest absolute Gasteiger partial charge is 0.371 e. The highest BCUT2D eigenvalue weighted by molar-refractivity contribution is 5.46. The molecule has 0 aliphatic heterocycles. The van der Waals surface area contributed by atoms with E-state index >= 15 is 0 Å². The number of nitrogens with zero attached hydrogens (tertiary/aromatic N) is 1. The van der Waals surface area contributed by atoms with E-state index in [1.165, 1.54) is 12.1 Å². The molecule has 0 fully saturated rings. The Balaban J connectivity index is 2.45. The second kappa shape index (κ2) is 7.28. The smallest absolute Gasteiger partial charge is 0.123 e. The van der Waals surface area contributed by atoms with Crippen molar-refractivity contribution in [1.82, 2.24) is 5.32 Å². The molecule has 0 heterocycles. The molecule has 1 atom stereocenters. The fourth-order valence-corrected chi connectivity index (χ4v) is 1.71. The minimum absolute atomic E-state index is 0.178. The van der Waals surface area contributed by atoms with Gasteiger partial charge in [-0.25, -0.2) is 4.39 Å². The van der Waals surface area contributed by atoms with E-state index in [9.17, 15) is 4.39 Å². The van der Waals surface area contributed by atoms with Crippen LogP contribution >= 0.6 is 0 Å². The molecule has 0 spiro atoms. The summed E-state index contributed by atoms with van der Waals surface area (Å²) < 4.78 is 12.8. The summed E-state index contributed by atoms with van der Waals surface area (Å²) in [5, 5.41) is 3.46. The van der Waals surface area contributed by atoms with E-state index < -0.39 is 0 Å². The third-order valence-electron chi connectivity index (χ3n) is 3.06. The predicted molar refractivity (Wildman–Crippen MR) is 72.0 cm³/mol. The lowest BCUT2D eigenvalue weighted by Gasteiger charge is -2.24. The molecule has 1 N–H and O–H groups in total. The van der Waals surface area contributed by atoms with Gasteiger partial charge in [0.05, 0.1) is 0 Å². The Morgan fingerprint density at radius 2 is 1.88 bits per heavy atom. The summed E-state index contributed by atoms with van der Waals surface area (Å²) in [6.45, 7) is 9.33. The van der Waals surface area contributed by atoms with Crippen molar-refractivity contribution in [2.24, 2.45) is 0 Å². The van der Waals surface area contributed by atoms with Gasteiger partial charge in [0, 0.05) is 31.4 Å². The standard InChI is InChI=1S/C14H23FN2/c1-4-12(3)16-10-11-17(5-2)14-8-6-13(15)7-9-14/h6-9,12,16H,4-5,10-11H2,1-3H3. The summed E-state index contributed by atoms with van der Waals surface area (Å²) in [5.41, 5.74) is 1.08. The van der Waals surface area contributed by atoms with Gasteiger partial charge in [-0.2, -0.15) is 0 Å². The van der Waals surface area contributed by atoms with Gasteiger partial charge >= 0.3 is 0 Å². The molecule has 2 nitrogen and oxygen atoms in total. The number of benzene rings is 1. The van der Waals surface area contributed by atoms with Gasteiger partial charge in [0.1, 0.15) is 5.82 Å². The minimum Gasteiger partial charge on any atom is -0.371 e. The molecule has 1 unspecified atom stereocenters. The minimum atomic E-state index is -0.178.